The molecule has 0 radical (unpaired) electrons. The number of alkyl carbamates (subject to hydrolysis) is 1. The number of hydrogen-bond donors (Lipinski definition) is 1. The number of rotatable bonds is 3. The van der Waals surface area contributed by atoms with E-state index in [2.05, 4.69) is 16.3 Å². The lowest BCUT2D eigenvalue weighted by Crippen LogP contribution is -2.48. The van der Waals surface area contributed by atoms with Gasteiger partial charge in [-0.3, -0.25) is 0 Å². The van der Waals surface area contributed by atoms with E-state index in [4.69, 9.17) is 16.3 Å². The molecule has 1 saturated heterocycles. The highest BCUT2D eigenvalue weighted by Crippen LogP contribution is 2.26. The summed E-state index contributed by atoms with van der Waals surface area (Å²) in [6, 6.07) is 7.50. The highest BCUT2D eigenvalue weighted by molar-refractivity contribution is 6.30. The topological polar surface area (TPSA) is 65.4 Å². The summed E-state index contributed by atoms with van der Waals surface area (Å²) in [5.74, 6) is 0. The second-order valence-electron chi connectivity index (χ2n) is 4.92. The molecule has 0 aliphatic carbocycles. The van der Waals surface area contributed by atoms with Gasteiger partial charge in [0.15, 0.2) is 0 Å². The van der Waals surface area contributed by atoms with Crippen molar-refractivity contribution in [3.63, 3.8) is 0 Å². The smallest absolute Gasteiger partial charge is 0.407 e. The van der Waals surface area contributed by atoms with Crippen LogP contribution in [-0.2, 0) is 4.74 Å². The number of nitrogens with one attached hydrogen (secondary N) is 1. The molecule has 1 aliphatic heterocycles. The van der Waals surface area contributed by atoms with E-state index in [1.54, 1.807) is 19.1 Å². The molecular formula is C15H18ClN3O2. The van der Waals surface area contributed by atoms with Gasteiger partial charge in [-0.2, -0.15) is 5.26 Å². The maximum atomic E-state index is 11.5. The summed E-state index contributed by atoms with van der Waals surface area (Å²) < 4.78 is 4.91. The minimum atomic E-state index is -0.388. The molecule has 0 saturated carbocycles. The molecule has 21 heavy (non-hydrogen) atoms. The average Bonchev–Trinajstić information content (AvgIpc) is 2.47. The van der Waals surface area contributed by atoms with Crippen LogP contribution in [0.3, 0.4) is 0 Å². The third-order valence-electron chi connectivity index (χ3n) is 3.44. The van der Waals surface area contributed by atoms with Gasteiger partial charge < -0.3 is 15.0 Å². The predicted molar refractivity (Wildman–Crippen MR) is 81.6 cm³/mol. The molecule has 1 aromatic carbocycles. The van der Waals surface area contributed by atoms with Gasteiger partial charge in [-0.1, -0.05) is 11.6 Å². The number of nitriles is 1. The Bertz CT molecular complexity index is 556. The van der Waals surface area contributed by atoms with Crippen LogP contribution in [0.25, 0.3) is 0 Å². The molecule has 1 heterocycles. The van der Waals surface area contributed by atoms with E-state index >= 15 is 0 Å². The summed E-state index contributed by atoms with van der Waals surface area (Å²) in [4.78, 5) is 13.6. The van der Waals surface area contributed by atoms with Gasteiger partial charge in [0.25, 0.3) is 0 Å². The van der Waals surface area contributed by atoms with E-state index < -0.39 is 0 Å². The first kappa shape index (κ1) is 15.5. The Morgan fingerprint density at radius 2 is 2.43 bits per heavy atom. The van der Waals surface area contributed by atoms with E-state index in [1.165, 1.54) is 0 Å². The molecule has 0 aromatic heterocycles. The Morgan fingerprint density at radius 1 is 1.62 bits per heavy atom. The molecule has 1 amide bonds. The largest absolute Gasteiger partial charge is 0.450 e. The van der Waals surface area contributed by atoms with Crippen molar-refractivity contribution in [3.05, 3.63) is 28.8 Å². The van der Waals surface area contributed by atoms with Crippen molar-refractivity contribution < 1.29 is 9.53 Å². The van der Waals surface area contributed by atoms with E-state index in [0.29, 0.717) is 23.7 Å². The maximum absolute atomic E-state index is 11.5. The molecule has 1 atom stereocenters. The molecule has 1 N–H and O–H groups in total. The van der Waals surface area contributed by atoms with Crippen LogP contribution in [0.2, 0.25) is 5.02 Å². The maximum Gasteiger partial charge on any atom is 0.407 e. The zero-order chi connectivity index (χ0) is 15.2. The summed E-state index contributed by atoms with van der Waals surface area (Å²) in [7, 11) is 0. The molecule has 1 unspecified atom stereocenters. The first-order chi connectivity index (χ1) is 10.1. The number of halogens is 1. The van der Waals surface area contributed by atoms with Crippen LogP contribution < -0.4 is 10.2 Å². The van der Waals surface area contributed by atoms with Crippen LogP contribution in [0.1, 0.15) is 25.3 Å². The highest BCUT2D eigenvalue weighted by Gasteiger charge is 2.23. The first-order valence-corrected chi connectivity index (χ1v) is 7.39. The second kappa shape index (κ2) is 7.19. The minimum absolute atomic E-state index is 0.0278. The molecular weight excluding hydrogens is 290 g/mol. The van der Waals surface area contributed by atoms with E-state index in [1.807, 2.05) is 6.07 Å². The number of anilines is 1. The van der Waals surface area contributed by atoms with Crippen LogP contribution in [0.15, 0.2) is 18.2 Å². The Hall–Kier alpha value is -1.93. The van der Waals surface area contributed by atoms with E-state index in [9.17, 15) is 10.1 Å². The van der Waals surface area contributed by atoms with Gasteiger partial charge in [0, 0.05) is 24.2 Å². The fourth-order valence-corrected chi connectivity index (χ4v) is 2.70. The third-order valence-corrected chi connectivity index (χ3v) is 3.67. The van der Waals surface area contributed by atoms with Gasteiger partial charge in [-0.05, 0) is 38.0 Å². The Balaban J connectivity index is 2.07. The molecule has 6 heteroatoms. The zero-order valence-corrected chi connectivity index (χ0v) is 12.7. The molecule has 1 fully saturated rings. The molecule has 2 rings (SSSR count). The summed E-state index contributed by atoms with van der Waals surface area (Å²) in [5.41, 5.74) is 1.41. The molecule has 0 spiro atoms. The summed E-state index contributed by atoms with van der Waals surface area (Å²) in [6.07, 6.45) is 1.47. The minimum Gasteiger partial charge on any atom is -0.450 e. The number of nitrogens with zero attached hydrogens (tertiary/aromatic N) is 2. The monoisotopic (exact) mass is 307 g/mol. The number of carbonyl (C=O) groups excluding carboxylic acids is 1. The lowest BCUT2D eigenvalue weighted by Gasteiger charge is -2.35. The van der Waals surface area contributed by atoms with Crippen molar-refractivity contribution in [2.45, 2.75) is 25.8 Å². The van der Waals surface area contributed by atoms with Gasteiger partial charge in [0.1, 0.15) is 6.07 Å². The van der Waals surface area contributed by atoms with E-state index in [0.717, 1.165) is 25.1 Å². The average molecular weight is 308 g/mol. The number of benzene rings is 1. The lowest BCUT2D eigenvalue weighted by atomic mass is 10.0. The SMILES string of the molecule is CCOC(=O)NC1CCCN(c2ccc(Cl)cc2C#N)C1. The Morgan fingerprint density at radius 3 is 3.14 bits per heavy atom. The summed E-state index contributed by atoms with van der Waals surface area (Å²) >= 11 is 5.92. The van der Waals surface area contributed by atoms with E-state index in [-0.39, 0.29) is 12.1 Å². The van der Waals surface area contributed by atoms with Crippen molar-refractivity contribution in [3.8, 4) is 6.07 Å². The van der Waals surface area contributed by atoms with Crippen LogP contribution in [0.5, 0.6) is 0 Å². The Labute approximate surface area is 129 Å². The van der Waals surface area contributed by atoms with Crippen molar-refractivity contribution in [2.24, 2.45) is 0 Å². The number of piperidine rings is 1. The van der Waals surface area contributed by atoms with Crippen LogP contribution in [0.4, 0.5) is 10.5 Å². The standard InChI is InChI=1S/C15H18ClN3O2/c1-2-21-15(20)18-13-4-3-7-19(10-13)14-6-5-12(16)8-11(14)9-17/h5-6,8,13H,2-4,7,10H2,1H3,(H,18,20). The van der Waals surface area contributed by atoms with Crippen molar-refractivity contribution in [2.75, 3.05) is 24.6 Å². The predicted octanol–water partition coefficient (Wildman–Crippen LogP) is 2.93. The van der Waals surface area contributed by atoms with Gasteiger partial charge in [0.2, 0.25) is 0 Å². The molecule has 1 aliphatic rings. The quantitative estimate of drug-likeness (QED) is 0.932. The molecule has 0 bridgehead atoms. The molecule has 112 valence electrons. The fraction of sp³-hybridized carbons (Fsp3) is 0.467. The highest BCUT2D eigenvalue weighted by atomic mass is 35.5. The number of hydrogen-bond acceptors (Lipinski definition) is 4. The van der Waals surface area contributed by atoms with Gasteiger partial charge in [0.05, 0.1) is 17.9 Å². The third kappa shape index (κ3) is 4.02. The van der Waals surface area contributed by atoms with Crippen LogP contribution in [-0.4, -0.2) is 31.8 Å². The van der Waals surface area contributed by atoms with Gasteiger partial charge in [-0.15, -0.1) is 0 Å². The van der Waals surface area contributed by atoms with Crippen molar-refractivity contribution >= 4 is 23.4 Å². The fourth-order valence-electron chi connectivity index (χ4n) is 2.53. The van der Waals surface area contributed by atoms with Gasteiger partial charge in [-0.25, -0.2) is 4.79 Å². The lowest BCUT2D eigenvalue weighted by molar-refractivity contribution is 0.146. The van der Waals surface area contributed by atoms with Crippen LogP contribution in [0, 0.1) is 11.3 Å². The number of amides is 1. The number of carbonyl (C=O) groups is 1. The normalized spacial score (nSPS) is 18.0. The molecule has 1 aromatic rings. The molecule has 5 nitrogen and oxygen atoms in total. The Kier molecular flexibility index (Phi) is 5.29. The first-order valence-electron chi connectivity index (χ1n) is 7.02. The van der Waals surface area contributed by atoms with Gasteiger partial charge >= 0.3 is 6.09 Å². The zero-order valence-electron chi connectivity index (χ0n) is 11.9. The van der Waals surface area contributed by atoms with Crippen molar-refractivity contribution in [1.29, 1.82) is 5.26 Å². The second-order valence-corrected chi connectivity index (χ2v) is 5.36. The number of ether oxygens (including phenoxy) is 1. The summed E-state index contributed by atoms with van der Waals surface area (Å²) in [5, 5.41) is 12.6. The summed E-state index contributed by atoms with van der Waals surface area (Å²) in [6.45, 7) is 3.66. The van der Waals surface area contributed by atoms with Crippen LogP contribution >= 0.6 is 11.6 Å². The van der Waals surface area contributed by atoms with Crippen molar-refractivity contribution in [1.82, 2.24) is 5.32 Å².